The molecule has 2 nitrogen and oxygen atoms in total. The van der Waals surface area contributed by atoms with Crippen molar-refractivity contribution in [3.63, 3.8) is 0 Å². The van der Waals surface area contributed by atoms with Crippen LogP contribution in [-0.2, 0) is 0 Å². The summed E-state index contributed by atoms with van der Waals surface area (Å²) in [6.07, 6.45) is -0.845. The maximum atomic E-state index is 14.5. The molecule has 124 valence electrons. The van der Waals surface area contributed by atoms with Crippen molar-refractivity contribution in [1.29, 1.82) is 0 Å². The van der Waals surface area contributed by atoms with E-state index in [4.69, 9.17) is 0 Å². The summed E-state index contributed by atoms with van der Waals surface area (Å²) in [7, 11) is 1.45. The van der Waals surface area contributed by atoms with E-state index in [0.717, 1.165) is 0 Å². The zero-order chi connectivity index (χ0) is 17.9. The lowest BCUT2D eigenvalue weighted by molar-refractivity contribution is -0.385. The summed E-state index contributed by atoms with van der Waals surface area (Å²) in [4.78, 5) is 11.3. The van der Waals surface area contributed by atoms with Crippen molar-refractivity contribution in [2.75, 3.05) is 7.05 Å². The number of halogens is 5. The number of carbonyl (C=O) groups excluding carboxylic acids is 1. The van der Waals surface area contributed by atoms with E-state index in [-0.39, 0.29) is 16.8 Å². The molecule has 0 aliphatic heterocycles. The molecule has 0 N–H and O–H groups in total. The van der Waals surface area contributed by atoms with Crippen LogP contribution in [0.4, 0.5) is 22.0 Å². The second kappa shape index (κ2) is 6.85. The molecule has 0 radical (unpaired) electrons. The predicted octanol–water partition coefficient (Wildman–Crippen LogP) is 4.28. The van der Waals surface area contributed by atoms with Gasteiger partial charge in [-0.25, -0.2) is 13.4 Å². The average molecular weight is 332 g/mol. The molecule has 1 aromatic rings. The fourth-order valence-electron chi connectivity index (χ4n) is 1.99. The number of benzene rings is 1. The van der Waals surface area contributed by atoms with Gasteiger partial charge in [-0.1, -0.05) is 12.2 Å². The highest BCUT2D eigenvalue weighted by molar-refractivity contribution is 6.01. The van der Waals surface area contributed by atoms with Crippen LogP contribution in [0.25, 0.3) is 5.70 Å². The monoisotopic (exact) mass is 332 g/mol. The molecule has 0 fully saturated rings. The normalized spacial score (nSPS) is 12.8. The number of rotatable bonds is 4. The topological polar surface area (TPSA) is 20.1 Å². The van der Waals surface area contributed by atoms with Gasteiger partial charge in [0.25, 0.3) is 5.78 Å². The van der Waals surface area contributed by atoms with Crippen LogP contribution in [0.5, 0.6) is 0 Å². The summed E-state index contributed by atoms with van der Waals surface area (Å²) in [6, 6.07) is 0.699. The third kappa shape index (κ3) is 3.91. The van der Waals surface area contributed by atoms with Crippen LogP contribution in [0.1, 0.15) is 28.4 Å². The largest absolute Gasteiger partial charge is 0.455 e. The standard InChI is InChI=1S/C16H15F5NO/c1-5-6-7-11(22(3)4)12-9(2)8-10(17)13(14(12)18)15(23)16(19,20)21/h5-8H,3H2,1-2,4H3/q+1. The van der Waals surface area contributed by atoms with Gasteiger partial charge < -0.3 is 0 Å². The molecule has 1 aromatic carbocycles. The molecule has 23 heavy (non-hydrogen) atoms. The molecule has 1 rings (SSSR count). The van der Waals surface area contributed by atoms with Gasteiger partial charge >= 0.3 is 6.18 Å². The van der Waals surface area contributed by atoms with Gasteiger partial charge in [-0.2, -0.15) is 13.2 Å². The maximum absolute atomic E-state index is 14.5. The van der Waals surface area contributed by atoms with Gasteiger partial charge in [0.2, 0.25) is 5.70 Å². The molecule has 0 atom stereocenters. The van der Waals surface area contributed by atoms with Crippen LogP contribution in [0, 0.1) is 18.6 Å². The van der Waals surface area contributed by atoms with Crippen LogP contribution in [0.2, 0.25) is 0 Å². The fourth-order valence-corrected chi connectivity index (χ4v) is 1.99. The van der Waals surface area contributed by atoms with Crippen molar-refractivity contribution in [1.82, 2.24) is 0 Å². The molecule has 7 heteroatoms. The van der Waals surface area contributed by atoms with Crippen LogP contribution in [-0.4, -0.2) is 30.3 Å². The van der Waals surface area contributed by atoms with Crippen molar-refractivity contribution >= 4 is 18.2 Å². The molecule has 0 unspecified atom stereocenters. The first kappa shape index (κ1) is 18.7. The van der Waals surface area contributed by atoms with Crippen molar-refractivity contribution < 1.29 is 31.3 Å². The van der Waals surface area contributed by atoms with Gasteiger partial charge in [-0.15, -0.1) is 0 Å². The predicted molar refractivity (Wildman–Crippen MR) is 77.6 cm³/mol. The first-order valence-corrected chi connectivity index (χ1v) is 6.50. The Morgan fingerprint density at radius 1 is 1.26 bits per heavy atom. The van der Waals surface area contributed by atoms with Crippen LogP contribution in [0.15, 0.2) is 24.3 Å². The molecular weight excluding hydrogens is 317 g/mol. The first-order chi connectivity index (χ1) is 10.5. The molecule has 0 aliphatic rings. The summed E-state index contributed by atoms with van der Waals surface area (Å²) in [5.41, 5.74) is -1.78. The van der Waals surface area contributed by atoms with Gasteiger partial charge in [0, 0.05) is 6.08 Å². The molecule has 0 saturated heterocycles. The number of allylic oxidation sites excluding steroid dienone is 3. The van der Waals surface area contributed by atoms with Crippen molar-refractivity contribution in [2.45, 2.75) is 20.0 Å². The van der Waals surface area contributed by atoms with Gasteiger partial charge in [-0.3, -0.25) is 4.79 Å². The third-order valence-electron chi connectivity index (χ3n) is 3.01. The molecule has 0 spiro atoms. The Labute approximate surface area is 130 Å². The van der Waals surface area contributed by atoms with Gasteiger partial charge in [0.1, 0.15) is 19.6 Å². The number of Topliss-reactive ketones (excluding diaryl/α,β-unsaturated/α-hetero) is 1. The highest BCUT2D eigenvalue weighted by Gasteiger charge is 2.43. The van der Waals surface area contributed by atoms with E-state index in [1.54, 1.807) is 13.0 Å². The highest BCUT2D eigenvalue weighted by atomic mass is 19.4. The first-order valence-electron chi connectivity index (χ1n) is 6.50. The van der Waals surface area contributed by atoms with E-state index in [1.807, 2.05) is 0 Å². The number of hydrogen-bond donors (Lipinski definition) is 0. The number of alkyl halides is 3. The Kier molecular flexibility index (Phi) is 5.58. The lowest BCUT2D eigenvalue weighted by Crippen LogP contribution is -2.26. The summed E-state index contributed by atoms with van der Waals surface area (Å²) in [6.45, 7) is 6.57. The number of hydrogen-bond acceptors (Lipinski definition) is 1. The summed E-state index contributed by atoms with van der Waals surface area (Å²) < 4.78 is 67.2. The van der Waals surface area contributed by atoms with E-state index in [9.17, 15) is 26.7 Å². The Balaban J connectivity index is 3.76. The lowest BCUT2D eigenvalue weighted by atomic mass is 9.97. The Bertz CT molecular complexity index is 714. The molecule has 0 amide bonds. The maximum Gasteiger partial charge on any atom is 0.455 e. The van der Waals surface area contributed by atoms with Crippen LogP contribution in [0.3, 0.4) is 0 Å². The molecule has 0 heterocycles. The van der Waals surface area contributed by atoms with Gasteiger partial charge in [-0.05, 0) is 25.5 Å². The highest BCUT2D eigenvalue weighted by Crippen LogP contribution is 2.31. The van der Waals surface area contributed by atoms with Crippen molar-refractivity contribution in [2.24, 2.45) is 0 Å². The van der Waals surface area contributed by atoms with Crippen LogP contribution < -0.4 is 0 Å². The van der Waals surface area contributed by atoms with E-state index < -0.39 is 29.2 Å². The number of nitrogens with zero attached hydrogens (tertiary/aromatic N) is 1. The molecule has 0 bridgehead atoms. The minimum atomic E-state index is -5.38. The number of ketones is 1. The zero-order valence-electron chi connectivity index (χ0n) is 12.8. The van der Waals surface area contributed by atoms with Gasteiger partial charge in [0.05, 0.1) is 11.1 Å². The Hall–Kier alpha value is -2.31. The summed E-state index contributed by atoms with van der Waals surface area (Å²) in [5.74, 6) is -5.68. The SMILES string of the molecule is C=[N+](C)C(=CC=CC)c1c(C)cc(F)c(C(=O)C(F)(F)F)c1F. The van der Waals surface area contributed by atoms with Crippen molar-refractivity contribution in [3.05, 3.63) is 52.6 Å². The minimum absolute atomic E-state index is 0.0463. The van der Waals surface area contributed by atoms with E-state index >= 15 is 0 Å². The van der Waals surface area contributed by atoms with E-state index in [1.165, 1.54) is 30.7 Å². The van der Waals surface area contributed by atoms with Crippen molar-refractivity contribution in [3.8, 4) is 0 Å². The summed E-state index contributed by atoms with van der Waals surface area (Å²) >= 11 is 0. The van der Waals surface area contributed by atoms with Gasteiger partial charge in [0.15, 0.2) is 5.82 Å². The fraction of sp³-hybridized carbons (Fsp3) is 0.250. The summed E-state index contributed by atoms with van der Waals surface area (Å²) in [5, 5.41) is 0. The Morgan fingerprint density at radius 2 is 1.83 bits per heavy atom. The molecular formula is C16H15F5NO+. The second-order valence-corrected chi connectivity index (χ2v) is 4.84. The second-order valence-electron chi connectivity index (χ2n) is 4.84. The smallest absolute Gasteiger partial charge is 0.284 e. The minimum Gasteiger partial charge on any atom is -0.284 e. The third-order valence-corrected chi connectivity index (χ3v) is 3.01. The van der Waals surface area contributed by atoms with Crippen LogP contribution >= 0.6 is 0 Å². The Morgan fingerprint density at radius 3 is 2.26 bits per heavy atom. The van der Waals surface area contributed by atoms with E-state index in [2.05, 4.69) is 6.72 Å². The zero-order valence-corrected chi connectivity index (χ0v) is 12.8. The molecule has 0 saturated carbocycles. The number of aryl methyl sites for hydroxylation is 1. The lowest BCUT2D eigenvalue weighted by Gasteiger charge is -2.13. The van der Waals surface area contributed by atoms with E-state index in [0.29, 0.717) is 6.07 Å². The quantitative estimate of drug-likeness (QED) is 0.265. The average Bonchev–Trinajstić information content (AvgIpc) is 2.40. The molecule has 0 aliphatic carbocycles. The molecule has 0 aromatic heterocycles. The number of carbonyl (C=O) groups is 1.